The Kier molecular flexibility index (Phi) is 3.24. The smallest absolute Gasteiger partial charge is 0.0689 e. The summed E-state index contributed by atoms with van der Waals surface area (Å²) < 4.78 is 3.74. The van der Waals surface area contributed by atoms with Crippen LogP contribution in [0.1, 0.15) is 25.3 Å². The fraction of sp³-hybridized carbons (Fsp3) is 0.300. The summed E-state index contributed by atoms with van der Waals surface area (Å²) >= 11 is 8.35. The van der Waals surface area contributed by atoms with E-state index in [1.54, 1.807) is 0 Å². The van der Waals surface area contributed by atoms with Crippen molar-refractivity contribution in [2.75, 3.05) is 0 Å². The molecule has 1 aliphatic heterocycles. The van der Waals surface area contributed by atoms with Gasteiger partial charge >= 0.3 is 0 Å². The third kappa shape index (κ3) is 1.67. The highest BCUT2D eigenvalue weighted by Crippen LogP contribution is 2.43. The molecule has 0 radical (unpaired) electrons. The second-order valence-corrected chi connectivity index (χ2v) is 6.43. The first kappa shape index (κ1) is 11.3. The minimum absolute atomic E-state index is 0.463. The van der Waals surface area contributed by atoms with E-state index in [4.69, 9.17) is 0 Å². The lowest BCUT2D eigenvalue weighted by Gasteiger charge is -2.10. The average Bonchev–Trinajstić information content (AvgIpc) is 2.39. The summed E-state index contributed by atoms with van der Waals surface area (Å²) in [5, 5.41) is 0. The van der Waals surface area contributed by atoms with Gasteiger partial charge in [-0.2, -0.15) is 0 Å². The number of rotatable bonds is 0. The van der Waals surface area contributed by atoms with Crippen LogP contribution in [-0.2, 0) is 0 Å². The van der Waals surface area contributed by atoms with Crippen LogP contribution in [0.4, 0.5) is 5.69 Å². The second-order valence-electron chi connectivity index (χ2n) is 3.39. The van der Waals surface area contributed by atoms with E-state index in [2.05, 4.69) is 86.0 Å². The third-order valence-corrected chi connectivity index (χ3v) is 6.81. The van der Waals surface area contributed by atoms with Crippen LogP contribution in [0.3, 0.4) is 0 Å². The molecule has 1 unspecified atom stereocenters. The molecule has 0 aliphatic carbocycles. The first-order valence-electron chi connectivity index (χ1n) is 4.25. The first-order chi connectivity index (χ1) is 6.52. The fourth-order valence-corrected chi connectivity index (χ4v) is 4.04. The van der Waals surface area contributed by atoms with Crippen LogP contribution in [0.25, 0.3) is 0 Å². The molecule has 0 saturated carbocycles. The molecule has 14 heavy (non-hydrogen) atoms. The Bertz CT molecular complexity index is 440. The highest BCUT2D eigenvalue weighted by atomic mass is 127. The van der Waals surface area contributed by atoms with Gasteiger partial charge in [0.05, 0.1) is 5.69 Å². The number of fused-ring (bicyclic) bond motifs is 1. The van der Waals surface area contributed by atoms with Crippen molar-refractivity contribution in [2.24, 2.45) is 4.99 Å². The van der Waals surface area contributed by atoms with Crippen molar-refractivity contribution in [1.82, 2.24) is 0 Å². The molecule has 0 spiro atoms. The summed E-state index contributed by atoms with van der Waals surface area (Å²) in [7, 11) is 0. The highest BCUT2D eigenvalue weighted by Gasteiger charge is 2.25. The molecule has 0 saturated heterocycles. The molecule has 0 N–H and O–H groups in total. The summed E-state index contributed by atoms with van der Waals surface area (Å²) in [6.45, 7) is 4.31. The summed E-state index contributed by atoms with van der Waals surface area (Å²) in [6, 6.07) is 2.15. The monoisotopic (exact) mass is 475 g/mol. The second kappa shape index (κ2) is 4.01. The predicted octanol–water partition coefficient (Wildman–Crippen LogP) is 4.87. The van der Waals surface area contributed by atoms with E-state index >= 15 is 0 Å². The maximum Gasteiger partial charge on any atom is 0.0689 e. The van der Waals surface area contributed by atoms with E-state index in [1.807, 2.05) is 0 Å². The number of nitrogens with zero attached hydrogens (tertiary/aromatic N) is 1. The zero-order valence-electron chi connectivity index (χ0n) is 7.74. The molecule has 0 aromatic heterocycles. The number of halogens is 3. The summed E-state index contributed by atoms with van der Waals surface area (Å²) in [6.07, 6.45) is 0. The van der Waals surface area contributed by atoms with Gasteiger partial charge in [-0.15, -0.1) is 0 Å². The van der Waals surface area contributed by atoms with E-state index in [-0.39, 0.29) is 0 Å². The van der Waals surface area contributed by atoms with Crippen LogP contribution in [0.2, 0.25) is 0 Å². The van der Waals surface area contributed by atoms with E-state index in [0.29, 0.717) is 5.92 Å². The molecule has 0 amide bonds. The van der Waals surface area contributed by atoms with Crippen LogP contribution in [0.5, 0.6) is 0 Å². The zero-order valence-corrected chi connectivity index (χ0v) is 13.6. The van der Waals surface area contributed by atoms with Gasteiger partial charge in [-0.25, -0.2) is 0 Å². The SMILES string of the molecule is CC1=Nc2cc(I)c(Br)c(I)c2C1C. The Labute approximate surface area is 119 Å². The minimum Gasteiger partial charge on any atom is -0.257 e. The molecular weight excluding hydrogens is 468 g/mol. The number of benzene rings is 1. The Morgan fingerprint density at radius 3 is 2.71 bits per heavy atom. The van der Waals surface area contributed by atoms with Gasteiger partial charge < -0.3 is 0 Å². The van der Waals surface area contributed by atoms with Crippen LogP contribution in [0, 0.1) is 7.14 Å². The predicted molar refractivity (Wildman–Crippen MR) is 80.8 cm³/mol. The number of hydrogen-bond donors (Lipinski definition) is 0. The highest BCUT2D eigenvalue weighted by molar-refractivity contribution is 14.1. The van der Waals surface area contributed by atoms with E-state index in [9.17, 15) is 0 Å². The van der Waals surface area contributed by atoms with Gasteiger partial charge in [0.25, 0.3) is 0 Å². The summed E-state index contributed by atoms with van der Waals surface area (Å²) in [5.41, 5.74) is 3.73. The van der Waals surface area contributed by atoms with Crippen LogP contribution in [-0.4, -0.2) is 5.71 Å². The Balaban J connectivity index is 2.72. The molecular formula is C10H8BrI2N. The molecule has 1 aromatic carbocycles. The van der Waals surface area contributed by atoms with Gasteiger partial charge in [-0.3, -0.25) is 4.99 Å². The van der Waals surface area contributed by atoms with Gasteiger partial charge in [0.15, 0.2) is 0 Å². The molecule has 4 heteroatoms. The molecule has 0 fully saturated rings. The molecule has 0 bridgehead atoms. The maximum atomic E-state index is 4.58. The van der Waals surface area contributed by atoms with Crippen molar-refractivity contribution in [1.29, 1.82) is 0 Å². The van der Waals surface area contributed by atoms with Gasteiger partial charge in [-0.05, 0) is 74.1 Å². The van der Waals surface area contributed by atoms with Crippen LogP contribution >= 0.6 is 61.1 Å². The standard InChI is InChI=1S/C10H8BrI2N/c1-4-5(2)14-7-3-6(12)9(11)10(13)8(4)7/h3-4H,1-2H3. The van der Waals surface area contributed by atoms with Gasteiger partial charge in [-0.1, -0.05) is 6.92 Å². The van der Waals surface area contributed by atoms with Gasteiger partial charge in [0.1, 0.15) is 0 Å². The number of aliphatic imine (C=N–C) groups is 1. The first-order valence-corrected chi connectivity index (χ1v) is 7.20. The van der Waals surface area contributed by atoms with Crippen molar-refractivity contribution in [2.45, 2.75) is 19.8 Å². The Morgan fingerprint density at radius 1 is 1.43 bits per heavy atom. The Hall–Kier alpha value is 0.830. The van der Waals surface area contributed by atoms with Crippen molar-refractivity contribution < 1.29 is 0 Å². The molecule has 2 rings (SSSR count). The normalized spacial score (nSPS) is 19.5. The zero-order chi connectivity index (χ0) is 10.5. The van der Waals surface area contributed by atoms with Crippen LogP contribution in [0.15, 0.2) is 15.5 Å². The van der Waals surface area contributed by atoms with Crippen molar-refractivity contribution in [3.8, 4) is 0 Å². The minimum atomic E-state index is 0.463. The molecule has 1 atom stereocenters. The quantitative estimate of drug-likeness (QED) is 0.375. The molecule has 74 valence electrons. The van der Waals surface area contributed by atoms with E-state index in [0.717, 1.165) is 5.69 Å². The third-order valence-electron chi connectivity index (χ3n) is 2.53. The van der Waals surface area contributed by atoms with Crippen molar-refractivity contribution in [3.63, 3.8) is 0 Å². The largest absolute Gasteiger partial charge is 0.257 e. The van der Waals surface area contributed by atoms with E-state index in [1.165, 1.54) is 22.9 Å². The van der Waals surface area contributed by atoms with Crippen molar-refractivity contribution in [3.05, 3.63) is 23.2 Å². The lowest BCUT2D eigenvalue weighted by atomic mass is 9.99. The van der Waals surface area contributed by atoms with E-state index < -0.39 is 0 Å². The fourth-order valence-electron chi connectivity index (χ4n) is 1.60. The average molecular weight is 476 g/mol. The Morgan fingerprint density at radius 2 is 2.07 bits per heavy atom. The van der Waals surface area contributed by atoms with Crippen molar-refractivity contribution >= 4 is 72.5 Å². The molecule has 1 heterocycles. The lowest BCUT2D eigenvalue weighted by Crippen LogP contribution is -2.01. The molecule has 1 nitrogen and oxygen atoms in total. The number of hydrogen-bond acceptors (Lipinski definition) is 1. The molecule has 1 aromatic rings. The van der Waals surface area contributed by atoms with Gasteiger partial charge in [0, 0.05) is 28.8 Å². The summed E-state index contributed by atoms with van der Waals surface area (Å²) in [5.74, 6) is 0.463. The maximum absolute atomic E-state index is 4.58. The van der Waals surface area contributed by atoms with Gasteiger partial charge in [0.2, 0.25) is 0 Å². The summed E-state index contributed by atoms with van der Waals surface area (Å²) in [4.78, 5) is 4.58. The topological polar surface area (TPSA) is 12.4 Å². The molecule has 1 aliphatic rings. The lowest BCUT2D eigenvalue weighted by molar-refractivity contribution is 1.04. The van der Waals surface area contributed by atoms with Crippen LogP contribution < -0.4 is 0 Å².